The second-order valence-corrected chi connectivity index (χ2v) is 6.38. The summed E-state index contributed by atoms with van der Waals surface area (Å²) < 4.78 is 90.2. The Labute approximate surface area is 165 Å². The van der Waals surface area contributed by atoms with Crippen LogP contribution in [0.2, 0.25) is 0 Å². The lowest BCUT2D eigenvalue weighted by atomic mass is 10.0. The van der Waals surface area contributed by atoms with Crippen molar-refractivity contribution in [2.24, 2.45) is 0 Å². The van der Waals surface area contributed by atoms with E-state index in [4.69, 9.17) is 0 Å². The van der Waals surface area contributed by atoms with E-state index in [1.165, 1.54) is 12.1 Å². The predicted molar refractivity (Wildman–Crippen MR) is 89.8 cm³/mol. The average Bonchev–Trinajstić information content (AvgIpc) is 2.61. The summed E-state index contributed by atoms with van der Waals surface area (Å²) in [7, 11) is 0. The number of aliphatic carboxylic acids is 1. The molecule has 0 saturated carbocycles. The maximum atomic E-state index is 12.9. The van der Waals surface area contributed by atoms with E-state index in [1.807, 2.05) is 5.32 Å². The van der Waals surface area contributed by atoms with Gasteiger partial charge in [-0.1, -0.05) is 12.1 Å². The fourth-order valence-electron chi connectivity index (χ4n) is 2.61. The maximum Gasteiger partial charge on any atom is 0.416 e. The van der Waals surface area contributed by atoms with Gasteiger partial charge in [0.2, 0.25) is 5.91 Å². The Hall–Kier alpha value is -3.11. The van der Waals surface area contributed by atoms with Gasteiger partial charge in [-0.15, -0.1) is 0 Å². The van der Waals surface area contributed by atoms with Crippen molar-refractivity contribution in [3.05, 3.63) is 70.5 Å². The molecule has 30 heavy (non-hydrogen) atoms. The van der Waals surface area contributed by atoms with Gasteiger partial charge in [0.25, 0.3) is 0 Å². The van der Waals surface area contributed by atoms with Gasteiger partial charge in [0.15, 0.2) is 0 Å². The summed E-state index contributed by atoms with van der Waals surface area (Å²) >= 11 is 0. The molecule has 2 N–H and O–H groups in total. The average molecular weight is 437 g/mol. The van der Waals surface area contributed by atoms with Gasteiger partial charge < -0.3 is 10.4 Å². The molecule has 0 fully saturated rings. The van der Waals surface area contributed by atoms with E-state index in [0.717, 1.165) is 12.1 Å². The van der Waals surface area contributed by atoms with E-state index >= 15 is 0 Å². The molecule has 0 saturated heterocycles. The highest BCUT2D eigenvalue weighted by Crippen LogP contribution is 2.36. The number of nitrogens with one attached hydrogen (secondary N) is 1. The van der Waals surface area contributed by atoms with Crippen LogP contribution in [0.4, 0.5) is 30.7 Å². The molecule has 2 rings (SSSR count). The number of carboxylic acid groups (broad SMARTS) is 1. The van der Waals surface area contributed by atoms with Crippen molar-refractivity contribution < 1.29 is 45.4 Å². The first-order chi connectivity index (χ1) is 13.8. The van der Waals surface area contributed by atoms with Crippen molar-refractivity contribution in [3.63, 3.8) is 0 Å². The first kappa shape index (κ1) is 23.2. The molecule has 0 spiro atoms. The van der Waals surface area contributed by atoms with Crippen LogP contribution in [0.1, 0.15) is 22.3 Å². The highest BCUT2D eigenvalue weighted by Gasteiger charge is 2.37. The zero-order chi connectivity index (χ0) is 22.7. The number of hydrogen-bond acceptors (Lipinski definition) is 2. The van der Waals surface area contributed by atoms with Crippen molar-refractivity contribution in [2.45, 2.75) is 31.2 Å². The number of halogens is 7. The lowest BCUT2D eigenvalue weighted by Crippen LogP contribution is -2.43. The van der Waals surface area contributed by atoms with Gasteiger partial charge in [-0.25, -0.2) is 9.18 Å². The van der Waals surface area contributed by atoms with Crippen LogP contribution >= 0.6 is 0 Å². The molecule has 0 aliphatic heterocycles. The summed E-state index contributed by atoms with van der Waals surface area (Å²) in [5.74, 6) is -3.13. The van der Waals surface area contributed by atoms with Gasteiger partial charge in [-0.3, -0.25) is 4.79 Å². The zero-order valence-corrected chi connectivity index (χ0v) is 14.9. The van der Waals surface area contributed by atoms with Crippen LogP contribution in [0, 0.1) is 5.82 Å². The third-order valence-corrected chi connectivity index (χ3v) is 4.00. The topological polar surface area (TPSA) is 66.4 Å². The highest BCUT2D eigenvalue weighted by molar-refractivity contribution is 5.85. The largest absolute Gasteiger partial charge is 0.480 e. The summed E-state index contributed by atoms with van der Waals surface area (Å²) in [6.45, 7) is 0. The summed E-state index contributed by atoms with van der Waals surface area (Å²) in [4.78, 5) is 23.4. The van der Waals surface area contributed by atoms with E-state index in [2.05, 4.69) is 0 Å². The normalized spacial score (nSPS) is 13.0. The lowest BCUT2D eigenvalue weighted by Gasteiger charge is -2.16. The third kappa shape index (κ3) is 6.46. The second-order valence-electron chi connectivity index (χ2n) is 6.38. The number of hydrogen-bond donors (Lipinski definition) is 2. The first-order valence-electron chi connectivity index (χ1n) is 8.30. The number of rotatable bonds is 6. The second kappa shape index (κ2) is 8.72. The van der Waals surface area contributed by atoms with Crippen LogP contribution in [-0.2, 0) is 34.8 Å². The monoisotopic (exact) mass is 437 g/mol. The van der Waals surface area contributed by atoms with Crippen LogP contribution in [0.5, 0.6) is 0 Å². The molecule has 0 radical (unpaired) electrons. The third-order valence-electron chi connectivity index (χ3n) is 4.00. The molecule has 0 unspecified atom stereocenters. The van der Waals surface area contributed by atoms with E-state index in [0.29, 0.717) is 17.7 Å². The van der Waals surface area contributed by atoms with Gasteiger partial charge in [0, 0.05) is 6.42 Å². The van der Waals surface area contributed by atoms with Gasteiger partial charge in [0.1, 0.15) is 11.9 Å². The standard InChI is InChI=1S/C19H14F7NO3/c20-14-3-1-10(2-4-14)7-15(17(29)30)27-16(28)8-11-5-12(18(21,22)23)9-13(6-11)19(24,25)26/h1-6,9,15H,7-8H2,(H,27,28)(H,29,30)/t15-/m0/s1. The van der Waals surface area contributed by atoms with Crippen LogP contribution in [0.25, 0.3) is 0 Å². The van der Waals surface area contributed by atoms with E-state index in [-0.39, 0.29) is 12.5 Å². The van der Waals surface area contributed by atoms with Crippen LogP contribution in [0.15, 0.2) is 42.5 Å². The molecule has 0 aliphatic carbocycles. The SMILES string of the molecule is O=C(Cc1cc(C(F)(F)F)cc(C(F)(F)F)c1)N[C@@H](Cc1ccc(F)cc1)C(=O)O. The Bertz CT molecular complexity index is 889. The van der Waals surface area contributed by atoms with E-state index in [9.17, 15) is 45.4 Å². The molecule has 2 aromatic rings. The van der Waals surface area contributed by atoms with Crippen molar-refractivity contribution in [1.29, 1.82) is 0 Å². The lowest BCUT2D eigenvalue weighted by molar-refractivity contribution is -0.143. The molecule has 0 aromatic heterocycles. The fraction of sp³-hybridized carbons (Fsp3) is 0.263. The Balaban J connectivity index is 2.20. The quantitative estimate of drug-likeness (QED) is 0.666. The first-order valence-corrected chi connectivity index (χ1v) is 8.30. The van der Waals surface area contributed by atoms with Gasteiger partial charge in [0.05, 0.1) is 17.5 Å². The summed E-state index contributed by atoms with van der Waals surface area (Å²) in [5.41, 5.74) is -3.40. The van der Waals surface area contributed by atoms with Crippen LogP contribution < -0.4 is 5.32 Å². The van der Waals surface area contributed by atoms with E-state index in [1.54, 1.807) is 0 Å². The van der Waals surface area contributed by atoms with Gasteiger partial charge in [-0.05, 0) is 41.5 Å². The number of carboxylic acids is 1. The minimum Gasteiger partial charge on any atom is -0.480 e. The molecule has 2 aromatic carbocycles. The molecule has 162 valence electrons. The molecule has 4 nitrogen and oxygen atoms in total. The smallest absolute Gasteiger partial charge is 0.416 e. The molecular formula is C19H14F7NO3. The Morgan fingerprint density at radius 3 is 1.80 bits per heavy atom. The minimum atomic E-state index is -5.07. The molecule has 1 atom stereocenters. The Morgan fingerprint density at radius 1 is 0.867 bits per heavy atom. The number of alkyl halides is 6. The van der Waals surface area contributed by atoms with Gasteiger partial charge >= 0.3 is 18.3 Å². The molecule has 0 bridgehead atoms. The van der Waals surface area contributed by atoms with E-state index < -0.39 is 59.2 Å². The Kier molecular flexibility index (Phi) is 6.73. The number of benzene rings is 2. The number of carbonyl (C=O) groups excluding carboxylic acids is 1. The van der Waals surface area contributed by atoms with Gasteiger partial charge in [-0.2, -0.15) is 26.3 Å². The summed E-state index contributed by atoms with van der Waals surface area (Å²) in [6, 6.07) is 3.88. The zero-order valence-electron chi connectivity index (χ0n) is 14.9. The molecule has 0 heterocycles. The number of amides is 1. The molecular weight excluding hydrogens is 423 g/mol. The van der Waals surface area contributed by atoms with Crippen LogP contribution in [-0.4, -0.2) is 23.0 Å². The Morgan fingerprint density at radius 2 is 1.37 bits per heavy atom. The number of carbonyl (C=O) groups is 2. The van der Waals surface area contributed by atoms with Crippen LogP contribution in [0.3, 0.4) is 0 Å². The molecule has 1 amide bonds. The van der Waals surface area contributed by atoms with Crippen molar-refractivity contribution >= 4 is 11.9 Å². The molecule has 11 heteroatoms. The highest BCUT2D eigenvalue weighted by atomic mass is 19.4. The summed E-state index contributed by atoms with van der Waals surface area (Å²) in [6.07, 6.45) is -11.3. The summed E-state index contributed by atoms with van der Waals surface area (Å²) in [5, 5.41) is 11.3. The van der Waals surface area contributed by atoms with Crippen molar-refractivity contribution in [3.8, 4) is 0 Å². The predicted octanol–water partition coefficient (Wildman–Crippen LogP) is 4.22. The minimum absolute atomic E-state index is 0.0734. The van der Waals surface area contributed by atoms with Crippen molar-refractivity contribution in [1.82, 2.24) is 5.32 Å². The fourth-order valence-corrected chi connectivity index (χ4v) is 2.61. The molecule has 0 aliphatic rings. The maximum absolute atomic E-state index is 12.9. The van der Waals surface area contributed by atoms with Crippen molar-refractivity contribution in [2.75, 3.05) is 0 Å².